The molecule has 0 bridgehead atoms. The lowest BCUT2D eigenvalue weighted by atomic mass is 10.2. The normalized spacial score (nSPS) is 10.2. The second kappa shape index (κ2) is 5.79. The molecule has 0 fully saturated rings. The van der Waals surface area contributed by atoms with Crippen molar-refractivity contribution in [3.63, 3.8) is 0 Å². The SMILES string of the molecule is CCOC(=O)CCc1nc(Br)c(C)nc1N. The monoisotopic (exact) mass is 287 g/mol. The Labute approximate surface area is 103 Å². The van der Waals surface area contributed by atoms with Crippen LogP contribution in [0.25, 0.3) is 0 Å². The first kappa shape index (κ1) is 12.9. The molecule has 0 saturated carbocycles. The Morgan fingerprint density at radius 2 is 2.19 bits per heavy atom. The van der Waals surface area contributed by atoms with Crippen LogP contribution >= 0.6 is 15.9 Å². The minimum absolute atomic E-state index is 0.250. The van der Waals surface area contributed by atoms with Crippen molar-refractivity contribution in [3.8, 4) is 0 Å². The first-order valence-corrected chi connectivity index (χ1v) is 5.78. The molecule has 88 valence electrons. The van der Waals surface area contributed by atoms with Gasteiger partial charge in [-0.3, -0.25) is 4.79 Å². The van der Waals surface area contributed by atoms with Crippen molar-refractivity contribution >= 4 is 27.7 Å². The summed E-state index contributed by atoms with van der Waals surface area (Å²) in [6.45, 7) is 3.97. The summed E-state index contributed by atoms with van der Waals surface area (Å²) < 4.78 is 5.47. The second-order valence-electron chi connectivity index (χ2n) is 3.24. The third-order valence-electron chi connectivity index (χ3n) is 1.99. The van der Waals surface area contributed by atoms with E-state index in [-0.39, 0.29) is 12.4 Å². The molecule has 0 aliphatic rings. The number of nitrogens with two attached hydrogens (primary N) is 1. The van der Waals surface area contributed by atoms with Crippen LogP contribution in [0, 0.1) is 6.92 Å². The number of ether oxygens (including phenoxy) is 1. The first-order chi connectivity index (χ1) is 7.54. The van der Waals surface area contributed by atoms with E-state index in [9.17, 15) is 4.79 Å². The number of anilines is 1. The Morgan fingerprint density at radius 1 is 1.50 bits per heavy atom. The summed E-state index contributed by atoms with van der Waals surface area (Å²) in [5, 5.41) is 0. The van der Waals surface area contributed by atoms with Gasteiger partial charge in [-0.1, -0.05) is 0 Å². The van der Waals surface area contributed by atoms with Crippen molar-refractivity contribution in [3.05, 3.63) is 16.0 Å². The van der Waals surface area contributed by atoms with E-state index < -0.39 is 0 Å². The van der Waals surface area contributed by atoms with Crippen LogP contribution in [0.5, 0.6) is 0 Å². The van der Waals surface area contributed by atoms with Gasteiger partial charge >= 0.3 is 5.97 Å². The number of nitrogens with zero attached hydrogens (tertiary/aromatic N) is 2. The second-order valence-corrected chi connectivity index (χ2v) is 3.99. The minimum atomic E-state index is -0.250. The van der Waals surface area contributed by atoms with Crippen LogP contribution in [0.3, 0.4) is 0 Å². The molecule has 16 heavy (non-hydrogen) atoms. The predicted molar refractivity (Wildman–Crippen MR) is 63.8 cm³/mol. The third-order valence-corrected chi connectivity index (χ3v) is 2.74. The summed E-state index contributed by atoms with van der Waals surface area (Å²) in [5.41, 5.74) is 7.05. The fraction of sp³-hybridized carbons (Fsp3) is 0.500. The molecular weight excluding hydrogens is 274 g/mol. The Kier molecular flexibility index (Phi) is 4.67. The molecular formula is C10H14BrN3O2. The Balaban J connectivity index is 2.67. The smallest absolute Gasteiger partial charge is 0.306 e. The molecule has 0 unspecified atom stereocenters. The summed E-state index contributed by atoms with van der Waals surface area (Å²) in [6, 6.07) is 0. The first-order valence-electron chi connectivity index (χ1n) is 4.98. The van der Waals surface area contributed by atoms with Crippen molar-refractivity contribution in [2.45, 2.75) is 26.7 Å². The number of aromatic nitrogens is 2. The van der Waals surface area contributed by atoms with Gasteiger partial charge in [-0.25, -0.2) is 9.97 Å². The van der Waals surface area contributed by atoms with E-state index >= 15 is 0 Å². The number of halogens is 1. The van der Waals surface area contributed by atoms with Crippen LogP contribution in [-0.4, -0.2) is 22.5 Å². The van der Waals surface area contributed by atoms with Gasteiger partial charge in [-0.05, 0) is 29.8 Å². The molecule has 0 aromatic carbocycles. The highest BCUT2D eigenvalue weighted by Crippen LogP contribution is 2.16. The van der Waals surface area contributed by atoms with Gasteiger partial charge in [0.25, 0.3) is 0 Å². The van der Waals surface area contributed by atoms with Gasteiger partial charge in [0, 0.05) is 6.42 Å². The Hall–Kier alpha value is -1.17. The van der Waals surface area contributed by atoms with Crippen molar-refractivity contribution in [1.29, 1.82) is 0 Å². The maximum Gasteiger partial charge on any atom is 0.306 e. The number of esters is 1. The molecule has 2 N–H and O–H groups in total. The molecule has 1 aromatic rings. The van der Waals surface area contributed by atoms with E-state index in [0.29, 0.717) is 29.1 Å². The van der Waals surface area contributed by atoms with Crippen LogP contribution in [0.1, 0.15) is 24.7 Å². The zero-order valence-corrected chi connectivity index (χ0v) is 10.9. The summed E-state index contributed by atoms with van der Waals surface area (Å²) in [6.07, 6.45) is 0.707. The lowest BCUT2D eigenvalue weighted by Gasteiger charge is -2.06. The molecule has 1 rings (SSSR count). The molecule has 0 spiro atoms. The fourth-order valence-corrected chi connectivity index (χ4v) is 1.49. The van der Waals surface area contributed by atoms with Gasteiger partial charge in [0.05, 0.1) is 24.4 Å². The van der Waals surface area contributed by atoms with Gasteiger partial charge in [0.2, 0.25) is 0 Å². The average Bonchev–Trinajstić information content (AvgIpc) is 2.22. The predicted octanol–water partition coefficient (Wildman–Crippen LogP) is 1.63. The molecule has 0 aliphatic carbocycles. The standard InChI is InChI=1S/C10H14BrN3O2/c1-3-16-8(15)5-4-7-10(12)13-6(2)9(11)14-7/h3-5H2,1-2H3,(H2,12,13). The van der Waals surface area contributed by atoms with E-state index in [2.05, 4.69) is 25.9 Å². The van der Waals surface area contributed by atoms with Crippen molar-refractivity contribution in [1.82, 2.24) is 9.97 Å². The summed E-state index contributed by atoms with van der Waals surface area (Å²) in [5.74, 6) is 0.116. The Bertz CT molecular complexity index is 396. The van der Waals surface area contributed by atoms with E-state index in [1.807, 2.05) is 6.92 Å². The zero-order valence-electron chi connectivity index (χ0n) is 9.29. The summed E-state index contributed by atoms with van der Waals surface area (Å²) in [7, 11) is 0. The molecule has 0 amide bonds. The van der Waals surface area contributed by atoms with Crippen LogP contribution in [0.2, 0.25) is 0 Å². The highest BCUT2D eigenvalue weighted by Gasteiger charge is 2.09. The van der Waals surface area contributed by atoms with E-state index in [4.69, 9.17) is 10.5 Å². The van der Waals surface area contributed by atoms with Crippen molar-refractivity contribution in [2.75, 3.05) is 12.3 Å². The summed E-state index contributed by atoms with van der Waals surface area (Å²) >= 11 is 3.27. The highest BCUT2D eigenvalue weighted by atomic mass is 79.9. The van der Waals surface area contributed by atoms with Crippen molar-refractivity contribution in [2.24, 2.45) is 0 Å². The lowest BCUT2D eigenvalue weighted by Crippen LogP contribution is -2.09. The largest absolute Gasteiger partial charge is 0.466 e. The molecule has 1 aromatic heterocycles. The van der Waals surface area contributed by atoms with E-state index in [0.717, 1.165) is 5.69 Å². The van der Waals surface area contributed by atoms with Crippen LogP contribution in [0.4, 0.5) is 5.82 Å². The number of aryl methyl sites for hydroxylation is 2. The molecule has 0 saturated heterocycles. The highest BCUT2D eigenvalue weighted by molar-refractivity contribution is 9.10. The fourth-order valence-electron chi connectivity index (χ4n) is 1.19. The number of carbonyl (C=O) groups is 1. The number of hydrogen-bond donors (Lipinski definition) is 1. The van der Waals surface area contributed by atoms with Crippen LogP contribution < -0.4 is 5.73 Å². The lowest BCUT2D eigenvalue weighted by molar-refractivity contribution is -0.143. The van der Waals surface area contributed by atoms with E-state index in [1.165, 1.54) is 0 Å². The number of nitrogen functional groups attached to an aromatic ring is 1. The molecule has 6 heteroatoms. The van der Waals surface area contributed by atoms with Crippen LogP contribution in [-0.2, 0) is 16.0 Å². The van der Waals surface area contributed by atoms with Gasteiger partial charge in [-0.15, -0.1) is 0 Å². The molecule has 0 atom stereocenters. The average molecular weight is 288 g/mol. The topological polar surface area (TPSA) is 78.1 Å². The molecule has 0 radical (unpaired) electrons. The number of hydrogen-bond acceptors (Lipinski definition) is 5. The van der Waals surface area contributed by atoms with Crippen LogP contribution in [0.15, 0.2) is 4.60 Å². The minimum Gasteiger partial charge on any atom is -0.466 e. The number of rotatable bonds is 4. The quantitative estimate of drug-likeness (QED) is 0.852. The van der Waals surface area contributed by atoms with Crippen molar-refractivity contribution < 1.29 is 9.53 Å². The zero-order chi connectivity index (χ0) is 12.1. The summed E-state index contributed by atoms with van der Waals surface area (Å²) in [4.78, 5) is 19.5. The molecule has 1 heterocycles. The van der Waals surface area contributed by atoms with Gasteiger partial charge in [0.15, 0.2) is 0 Å². The maximum atomic E-state index is 11.2. The third kappa shape index (κ3) is 3.44. The Morgan fingerprint density at radius 3 is 2.81 bits per heavy atom. The maximum absolute atomic E-state index is 11.2. The number of carbonyl (C=O) groups excluding carboxylic acids is 1. The van der Waals surface area contributed by atoms with Gasteiger partial charge in [0.1, 0.15) is 10.4 Å². The molecule has 0 aliphatic heterocycles. The van der Waals surface area contributed by atoms with E-state index in [1.54, 1.807) is 6.92 Å². The van der Waals surface area contributed by atoms with Gasteiger partial charge < -0.3 is 10.5 Å². The molecule has 5 nitrogen and oxygen atoms in total. The van der Waals surface area contributed by atoms with Gasteiger partial charge in [-0.2, -0.15) is 0 Å².